The van der Waals surface area contributed by atoms with Gasteiger partial charge in [-0.2, -0.15) is 0 Å². The Morgan fingerprint density at radius 3 is 2.53 bits per heavy atom. The van der Waals surface area contributed by atoms with Crippen LogP contribution in [0.15, 0.2) is 18.2 Å². The lowest BCUT2D eigenvalue weighted by atomic mass is 10.0. The summed E-state index contributed by atoms with van der Waals surface area (Å²) in [4.78, 5) is 21.5. The molecule has 0 saturated heterocycles. The van der Waals surface area contributed by atoms with Gasteiger partial charge in [0.1, 0.15) is 0 Å². The maximum absolute atomic E-state index is 11.2. The molecule has 0 aliphatic carbocycles. The monoisotopic (exact) mass is 274 g/mol. The SMILES string of the molecule is O=C(O)CCCCc1ccc(Cl)cc1C(=O)Cl. The molecule has 0 aromatic heterocycles. The first-order chi connectivity index (χ1) is 8.00. The summed E-state index contributed by atoms with van der Waals surface area (Å²) in [5.41, 5.74) is 1.20. The lowest BCUT2D eigenvalue weighted by Gasteiger charge is -2.06. The Kier molecular flexibility index (Phi) is 5.45. The molecule has 17 heavy (non-hydrogen) atoms. The molecule has 1 aromatic carbocycles. The number of benzene rings is 1. The molecular formula is C12H12Cl2O3. The van der Waals surface area contributed by atoms with Crippen LogP contribution in [0.25, 0.3) is 0 Å². The molecule has 0 saturated carbocycles. The van der Waals surface area contributed by atoms with Gasteiger partial charge in [0.15, 0.2) is 0 Å². The zero-order chi connectivity index (χ0) is 12.8. The average molecular weight is 275 g/mol. The minimum atomic E-state index is -0.810. The van der Waals surface area contributed by atoms with Crippen LogP contribution in [0.5, 0.6) is 0 Å². The predicted molar refractivity (Wildman–Crippen MR) is 66.8 cm³/mol. The third-order valence-electron chi connectivity index (χ3n) is 2.37. The molecule has 0 aliphatic heterocycles. The van der Waals surface area contributed by atoms with Crippen molar-refractivity contribution < 1.29 is 14.7 Å². The molecule has 0 unspecified atom stereocenters. The van der Waals surface area contributed by atoms with Gasteiger partial charge in [0.2, 0.25) is 0 Å². The average Bonchev–Trinajstić information content (AvgIpc) is 2.25. The number of aryl methyl sites for hydroxylation is 1. The van der Waals surface area contributed by atoms with E-state index in [2.05, 4.69) is 0 Å². The Morgan fingerprint density at radius 1 is 1.24 bits per heavy atom. The van der Waals surface area contributed by atoms with Crippen LogP contribution < -0.4 is 0 Å². The van der Waals surface area contributed by atoms with Crippen LogP contribution >= 0.6 is 23.2 Å². The van der Waals surface area contributed by atoms with Crippen molar-refractivity contribution in [2.24, 2.45) is 0 Å². The zero-order valence-corrected chi connectivity index (χ0v) is 10.6. The van der Waals surface area contributed by atoms with E-state index in [-0.39, 0.29) is 6.42 Å². The van der Waals surface area contributed by atoms with Crippen LogP contribution in [0.1, 0.15) is 35.2 Å². The fraction of sp³-hybridized carbons (Fsp3) is 0.333. The Bertz CT molecular complexity index is 430. The summed E-state index contributed by atoms with van der Waals surface area (Å²) in [5, 5.41) is 8.42. The van der Waals surface area contributed by atoms with E-state index in [0.29, 0.717) is 29.8 Å². The lowest BCUT2D eigenvalue weighted by molar-refractivity contribution is -0.137. The minimum Gasteiger partial charge on any atom is -0.481 e. The standard InChI is InChI=1S/C12H12Cl2O3/c13-9-6-5-8(10(7-9)12(14)17)3-1-2-4-11(15)16/h5-7H,1-4H2,(H,15,16). The summed E-state index contributed by atoms with van der Waals surface area (Å²) in [6.07, 6.45) is 2.04. The highest BCUT2D eigenvalue weighted by Gasteiger charge is 2.09. The number of carbonyl (C=O) groups is 2. The second-order valence-electron chi connectivity index (χ2n) is 3.68. The summed E-state index contributed by atoms with van der Waals surface area (Å²) in [6.45, 7) is 0. The second kappa shape index (κ2) is 6.62. The van der Waals surface area contributed by atoms with E-state index < -0.39 is 11.2 Å². The molecular weight excluding hydrogens is 263 g/mol. The molecule has 0 heterocycles. The summed E-state index contributed by atoms with van der Waals surface area (Å²) < 4.78 is 0. The Morgan fingerprint density at radius 2 is 1.94 bits per heavy atom. The molecule has 92 valence electrons. The van der Waals surface area contributed by atoms with Crippen molar-refractivity contribution in [3.05, 3.63) is 34.3 Å². The van der Waals surface area contributed by atoms with Crippen LogP contribution in [0.2, 0.25) is 5.02 Å². The van der Waals surface area contributed by atoms with Gasteiger partial charge >= 0.3 is 5.97 Å². The Balaban J connectivity index is 2.64. The first-order valence-electron chi connectivity index (χ1n) is 5.20. The predicted octanol–water partition coefficient (Wildman–Crippen LogP) is 3.52. The van der Waals surface area contributed by atoms with E-state index >= 15 is 0 Å². The quantitative estimate of drug-likeness (QED) is 0.638. The molecule has 0 bridgehead atoms. The van der Waals surface area contributed by atoms with Crippen LogP contribution in [-0.4, -0.2) is 16.3 Å². The number of carboxylic acid groups (broad SMARTS) is 1. The highest BCUT2D eigenvalue weighted by molar-refractivity contribution is 6.68. The molecule has 0 aliphatic rings. The van der Waals surface area contributed by atoms with Gasteiger partial charge in [-0.15, -0.1) is 0 Å². The van der Waals surface area contributed by atoms with Crippen molar-refractivity contribution >= 4 is 34.4 Å². The number of carbonyl (C=O) groups excluding carboxylic acids is 1. The van der Waals surface area contributed by atoms with Crippen LogP contribution in [-0.2, 0) is 11.2 Å². The van der Waals surface area contributed by atoms with Crippen molar-refractivity contribution in [2.45, 2.75) is 25.7 Å². The Hall–Kier alpha value is -1.06. The number of unbranched alkanes of at least 4 members (excludes halogenated alkanes) is 1. The number of aliphatic carboxylic acids is 1. The lowest BCUT2D eigenvalue weighted by Crippen LogP contribution is -1.99. The molecule has 1 N–H and O–H groups in total. The molecule has 0 radical (unpaired) electrons. The topological polar surface area (TPSA) is 54.4 Å². The molecule has 0 atom stereocenters. The van der Waals surface area contributed by atoms with Crippen molar-refractivity contribution in [3.63, 3.8) is 0 Å². The zero-order valence-electron chi connectivity index (χ0n) is 9.08. The highest BCUT2D eigenvalue weighted by atomic mass is 35.5. The number of rotatable bonds is 6. The third kappa shape index (κ3) is 4.75. The van der Waals surface area contributed by atoms with Gasteiger partial charge in [-0.05, 0) is 48.6 Å². The second-order valence-corrected chi connectivity index (χ2v) is 4.46. The normalized spacial score (nSPS) is 10.2. The molecule has 1 aromatic rings. The van der Waals surface area contributed by atoms with Gasteiger partial charge in [0.05, 0.1) is 0 Å². The van der Waals surface area contributed by atoms with Gasteiger partial charge < -0.3 is 5.11 Å². The maximum Gasteiger partial charge on any atom is 0.303 e. The van der Waals surface area contributed by atoms with Crippen molar-refractivity contribution in [2.75, 3.05) is 0 Å². The van der Waals surface area contributed by atoms with E-state index in [1.807, 2.05) is 0 Å². The molecule has 0 spiro atoms. The van der Waals surface area contributed by atoms with E-state index in [0.717, 1.165) is 5.56 Å². The van der Waals surface area contributed by atoms with Crippen LogP contribution in [0.4, 0.5) is 0 Å². The van der Waals surface area contributed by atoms with Gasteiger partial charge in [0, 0.05) is 17.0 Å². The van der Waals surface area contributed by atoms with E-state index in [1.54, 1.807) is 12.1 Å². The van der Waals surface area contributed by atoms with Crippen molar-refractivity contribution in [3.8, 4) is 0 Å². The smallest absolute Gasteiger partial charge is 0.303 e. The first kappa shape index (κ1) is 14.0. The largest absolute Gasteiger partial charge is 0.481 e. The summed E-state index contributed by atoms with van der Waals surface area (Å²) in [7, 11) is 0. The van der Waals surface area contributed by atoms with Crippen molar-refractivity contribution in [1.82, 2.24) is 0 Å². The van der Waals surface area contributed by atoms with Crippen LogP contribution in [0, 0.1) is 0 Å². The summed E-state index contributed by atoms with van der Waals surface area (Å²) in [6, 6.07) is 4.97. The summed E-state index contributed by atoms with van der Waals surface area (Å²) >= 11 is 11.2. The number of hydrogen-bond donors (Lipinski definition) is 1. The van der Waals surface area contributed by atoms with E-state index in [4.69, 9.17) is 28.3 Å². The van der Waals surface area contributed by atoms with Gasteiger partial charge in [-0.3, -0.25) is 9.59 Å². The van der Waals surface area contributed by atoms with Gasteiger partial charge in [0.25, 0.3) is 5.24 Å². The fourth-order valence-electron chi connectivity index (χ4n) is 1.54. The van der Waals surface area contributed by atoms with E-state index in [1.165, 1.54) is 6.07 Å². The van der Waals surface area contributed by atoms with Gasteiger partial charge in [-0.1, -0.05) is 17.7 Å². The molecule has 1 rings (SSSR count). The minimum absolute atomic E-state index is 0.137. The molecule has 0 fully saturated rings. The number of carboxylic acids is 1. The fourth-order valence-corrected chi connectivity index (χ4v) is 1.89. The van der Waals surface area contributed by atoms with Crippen LogP contribution in [0.3, 0.4) is 0 Å². The maximum atomic E-state index is 11.2. The van der Waals surface area contributed by atoms with Crippen molar-refractivity contribution in [1.29, 1.82) is 0 Å². The molecule has 5 heteroatoms. The Labute approximate surface area is 109 Å². The highest BCUT2D eigenvalue weighted by Crippen LogP contribution is 2.20. The first-order valence-corrected chi connectivity index (χ1v) is 5.96. The molecule has 3 nitrogen and oxygen atoms in total. The number of hydrogen-bond acceptors (Lipinski definition) is 2. The number of halogens is 2. The summed E-state index contributed by atoms with van der Waals surface area (Å²) in [5.74, 6) is -0.810. The third-order valence-corrected chi connectivity index (χ3v) is 2.81. The molecule has 0 amide bonds. The van der Waals surface area contributed by atoms with Gasteiger partial charge in [-0.25, -0.2) is 0 Å². The van der Waals surface area contributed by atoms with E-state index in [9.17, 15) is 9.59 Å².